The number of ether oxygens (including phenoxy) is 3. The Labute approximate surface area is 141 Å². The molecule has 1 aromatic carbocycles. The lowest BCUT2D eigenvalue weighted by molar-refractivity contribution is -0.194. The number of methoxy groups -OCH3 is 3. The van der Waals surface area contributed by atoms with Crippen molar-refractivity contribution < 1.29 is 23.8 Å². The normalized spacial score (nSPS) is 16.3. The summed E-state index contributed by atoms with van der Waals surface area (Å²) in [6.07, 6.45) is 0.272. The van der Waals surface area contributed by atoms with E-state index in [4.69, 9.17) is 24.8 Å². The fraction of sp³-hybridized carbons (Fsp3) is 0.562. The molecule has 0 bridgehead atoms. The fourth-order valence-electron chi connectivity index (χ4n) is 2.57. The second kappa shape index (κ2) is 8.72. The number of hydroxylamine groups is 2. The van der Waals surface area contributed by atoms with Crippen LogP contribution in [-0.2, 0) is 16.1 Å². The molecule has 0 aliphatic carbocycles. The molecule has 1 aliphatic heterocycles. The van der Waals surface area contributed by atoms with E-state index in [1.54, 1.807) is 24.3 Å². The summed E-state index contributed by atoms with van der Waals surface area (Å²) in [5, 5.41) is 4.82. The molecule has 134 valence electrons. The Bertz CT molecular complexity index is 561. The minimum absolute atomic E-state index is 0.272. The Morgan fingerprint density at radius 2 is 1.83 bits per heavy atom. The van der Waals surface area contributed by atoms with Crippen molar-refractivity contribution in [2.24, 2.45) is 5.73 Å². The average Bonchev–Trinajstić information content (AvgIpc) is 2.61. The van der Waals surface area contributed by atoms with Crippen LogP contribution in [0.1, 0.15) is 5.56 Å². The zero-order valence-corrected chi connectivity index (χ0v) is 14.3. The summed E-state index contributed by atoms with van der Waals surface area (Å²) in [6, 6.07) is 2.76. The molecule has 1 atom stereocenters. The van der Waals surface area contributed by atoms with Gasteiger partial charge in [-0.05, 0) is 6.07 Å². The summed E-state index contributed by atoms with van der Waals surface area (Å²) in [5.74, 6) is 1.06. The van der Waals surface area contributed by atoms with Crippen LogP contribution in [0, 0.1) is 0 Å². The molecule has 0 radical (unpaired) electrons. The van der Waals surface area contributed by atoms with E-state index in [9.17, 15) is 4.79 Å². The van der Waals surface area contributed by atoms with Crippen LogP contribution in [0.5, 0.6) is 17.2 Å². The highest BCUT2D eigenvalue weighted by Gasteiger charge is 2.24. The molecule has 0 spiro atoms. The van der Waals surface area contributed by atoms with E-state index >= 15 is 0 Å². The van der Waals surface area contributed by atoms with E-state index in [1.165, 1.54) is 14.2 Å². The fourth-order valence-corrected chi connectivity index (χ4v) is 2.57. The number of nitrogens with two attached hydrogens (primary N) is 1. The molecule has 1 aliphatic rings. The third kappa shape index (κ3) is 4.28. The molecular formula is C16H25N3O5. The van der Waals surface area contributed by atoms with Crippen LogP contribution in [-0.4, -0.2) is 64.6 Å². The van der Waals surface area contributed by atoms with Gasteiger partial charge < -0.3 is 30.1 Å². The van der Waals surface area contributed by atoms with Gasteiger partial charge in [0, 0.05) is 38.2 Å². The number of carbonyl (C=O) groups is 1. The number of nitrogens with one attached hydrogen (secondary N) is 1. The summed E-state index contributed by atoms with van der Waals surface area (Å²) in [7, 11) is 4.61. The number of hydrogen-bond donors (Lipinski definition) is 2. The molecule has 24 heavy (non-hydrogen) atoms. The highest BCUT2D eigenvalue weighted by atomic mass is 16.7. The van der Waals surface area contributed by atoms with Crippen LogP contribution in [0.25, 0.3) is 0 Å². The molecule has 8 heteroatoms. The Kier molecular flexibility index (Phi) is 6.65. The largest absolute Gasteiger partial charge is 0.493 e. The van der Waals surface area contributed by atoms with Gasteiger partial charge in [-0.3, -0.25) is 0 Å². The zero-order valence-electron chi connectivity index (χ0n) is 14.3. The van der Waals surface area contributed by atoms with Gasteiger partial charge in [-0.25, -0.2) is 4.79 Å². The van der Waals surface area contributed by atoms with Crippen LogP contribution in [0.4, 0.5) is 0 Å². The molecular weight excluding hydrogens is 314 g/mol. The molecule has 1 fully saturated rings. The lowest BCUT2D eigenvalue weighted by Crippen LogP contribution is -2.47. The van der Waals surface area contributed by atoms with Crippen molar-refractivity contribution in [1.29, 1.82) is 0 Å². The first-order valence-electron chi connectivity index (χ1n) is 7.81. The predicted octanol–water partition coefficient (Wildman–Crippen LogP) is -0.0544. The topological polar surface area (TPSA) is 95.3 Å². The monoisotopic (exact) mass is 339 g/mol. The Morgan fingerprint density at radius 1 is 1.17 bits per heavy atom. The lowest BCUT2D eigenvalue weighted by Gasteiger charge is -2.26. The van der Waals surface area contributed by atoms with Crippen molar-refractivity contribution in [2.75, 3.05) is 47.5 Å². The SMILES string of the molecule is COc1ccc(CC(N)C(=O)ON2CCNCC2)c(OC)c1OC. The third-order valence-corrected chi connectivity index (χ3v) is 3.82. The quantitative estimate of drug-likeness (QED) is 0.714. The highest BCUT2D eigenvalue weighted by molar-refractivity contribution is 5.76. The number of piperazine rings is 1. The Hall–Kier alpha value is -2.03. The van der Waals surface area contributed by atoms with Gasteiger partial charge in [0.2, 0.25) is 5.75 Å². The Balaban J connectivity index is 2.07. The van der Waals surface area contributed by atoms with E-state index in [-0.39, 0.29) is 6.42 Å². The van der Waals surface area contributed by atoms with E-state index < -0.39 is 12.0 Å². The van der Waals surface area contributed by atoms with Crippen LogP contribution in [0.2, 0.25) is 0 Å². The second-order valence-electron chi connectivity index (χ2n) is 5.39. The second-order valence-corrected chi connectivity index (χ2v) is 5.39. The van der Waals surface area contributed by atoms with Crippen LogP contribution in [0.3, 0.4) is 0 Å². The lowest BCUT2D eigenvalue weighted by atomic mass is 10.0. The maximum absolute atomic E-state index is 12.2. The van der Waals surface area contributed by atoms with Crippen molar-refractivity contribution in [3.63, 3.8) is 0 Å². The number of hydrogen-bond acceptors (Lipinski definition) is 8. The molecule has 8 nitrogen and oxygen atoms in total. The number of rotatable bonds is 7. The summed E-state index contributed by atoms with van der Waals surface area (Å²) in [5.41, 5.74) is 6.76. The van der Waals surface area contributed by atoms with E-state index in [0.29, 0.717) is 30.3 Å². The first-order chi connectivity index (χ1) is 11.6. The van der Waals surface area contributed by atoms with Gasteiger partial charge in [-0.15, -0.1) is 5.06 Å². The van der Waals surface area contributed by atoms with Gasteiger partial charge in [0.1, 0.15) is 6.04 Å². The zero-order chi connectivity index (χ0) is 17.5. The van der Waals surface area contributed by atoms with Crippen molar-refractivity contribution in [2.45, 2.75) is 12.5 Å². The van der Waals surface area contributed by atoms with Gasteiger partial charge >= 0.3 is 5.97 Å². The van der Waals surface area contributed by atoms with Crippen molar-refractivity contribution in [3.05, 3.63) is 17.7 Å². The first-order valence-corrected chi connectivity index (χ1v) is 7.81. The van der Waals surface area contributed by atoms with Gasteiger partial charge in [0.15, 0.2) is 11.5 Å². The van der Waals surface area contributed by atoms with Crippen molar-refractivity contribution in [3.8, 4) is 17.2 Å². The first kappa shape index (κ1) is 18.3. The molecule has 0 amide bonds. The molecule has 0 aromatic heterocycles. The van der Waals surface area contributed by atoms with Gasteiger partial charge in [-0.2, -0.15) is 0 Å². The maximum atomic E-state index is 12.2. The predicted molar refractivity (Wildman–Crippen MR) is 88.3 cm³/mol. The van der Waals surface area contributed by atoms with Crippen LogP contribution >= 0.6 is 0 Å². The Morgan fingerprint density at radius 3 is 2.42 bits per heavy atom. The van der Waals surface area contributed by atoms with Crippen molar-refractivity contribution in [1.82, 2.24) is 10.4 Å². The minimum atomic E-state index is -0.799. The van der Waals surface area contributed by atoms with E-state index in [0.717, 1.165) is 18.7 Å². The average molecular weight is 339 g/mol. The minimum Gasteiger partial charge on any atom is -0.493 e. The summed E-state index contributed by atoms with van der Waals surface area (Å²) >= 11 is 0. The van der Waals surface area contributed by atoms with Gasteiger partial charge in [0.05, 0.1) is 21.3 Å². The summed E-state index contributed by atoms with van der Waals surface area (Å²) in [4.78, 5) is 17.5. The molecule has 0 saturated carbocycles. The molecule has 1 aromatic rings. The van der Waals surface area contributed by atoms with Gasteiger partial charge in [-0.1, -0.05) is 6.07 Å². The highest BCUT2D eigenvalue weighted by Crippen LogP contribution is 2.40. The molecule has 1 unspecified atom stereocenters. The van der Waals surface area contributed by atoms with Crippen LogP contribution in [0.15, 0.2) is 12.1 Å². The molecule has 1 heterocycles. The maximum Gasteiger partial charge on any atom is 0.342 e. The molecule has 1 saturated heterocycles. The van der Waals surface area contributed by atoms with Gasteiger partial charge in [0.25, 0.3) is 0 Å². The molecule has 3 N–H and O–H groups in total. The number of nitrogens with zero attached hydrogens (tertiary/aromatic N) is 1. The summed E-state index contributed by atoms with van der Waals surface area (Å²) < 4.78 is 16.0. The van der Waals surface area contributed by atoms with E-state index in [1.807, 2.05) is 0 Å². The smallest absolute Gasteiger partial charge is 0.342 e. The number of carbonyl (C=O) groups excluding carboxylic acids is 1. The standard InChI is InChI=1S/C16H25N3O5/c1-21-13-5-4-11(14(22-2)15(13)23-3)10-12(17)16(20)24-19-8-6-18-7-9-19/h4-5,12,18H,6-10,17H2,1-3H3. The summed E-state index contributed by atoms with van der Waals surface area (Å²) in [6.45, 7) is 2.87. The molecule has 2 rings (SSSR count). The van der Waals surface area contributed by atoms with Crippen molar-refractivity contribution >= 4 is 5.97 Å². The number of benzene rings is 1. The van der Waals surface area contributed by atoms with Crippen LogP contribution < -0.4 is 25.3 Å². The van der Waals surface area contributed by atoms with E-state index in [2.05, 4.69) is 5.32 Å². The third-order valence-electron chi connectivity index (χ3n) is 3.82.